The summed E-state index contributed by atoms with van der Waals surface area (Å²) in [6.07, 6.45) is 0.426. The van der Waals surface area contributed by atoms with Crippen molar-refractivity contribution in [1.29, 1.82) is 0 Å². The van der Waals surface area contributed by atoms with Gasteiger partial charge in [-0.2, -0.15) is 0 Å². The van der Waals surface area contributed by atoms with E-state index in [1.807, 2.05) is 12.1 Å². The minimum absolute atomic E-state index is 0.0563. The van der Waals surface area contributed by atoms with E-state index in [9.17, 15) is 4.79 Å². The predicted octanol–water partition coefficient (Wildman–Crippen LogP) is 2.29. The van der Waals surface area contributed by atoms with Crippen LogP contribution in [0.5, 0.6) is 0 Å². The van der Waals surface area contributed by atoms with E-state index in [0.717, 1.165) is 9.26 Å². The molecule has 0 saturated carbocycles. The average molecular weight is 352 g/mol. The van der Waals surface area contributed by atoms with Crippen LogP contribution in [0, 0.1) is 9.49 Å². The number of carbonyl (C=O) groups is 1. The average Bonchev–Trinajstić information content (AvgIpc) is 2.64. The minimum atomic E-state index is 0.0563. The van der Waals surface area contributed by atoms with Gasteiger partial charge in [-0.3, -0.25) is 4.79 Å². The molecule has 1 aliphatic rings. The molecule has 86 valence electrons. The monoisotopic (exact) mass is 351 g/mol. The summed E-state index contributed by atoms with van der Waals surface area (Å²) < 4.78 is 0.928. The summed E-state index contributed by atoms with van der Waals surface area (Å²) in [5, 5.41) is 9.74. The van der Waals surface area contributed by atoms with E-state index < -0.39 is 0 Å². The molecular weight excluding hydrogens is 340 g/mol. The first-order valence-electron chi connectivity index (χ1n) is 4.98. The molecule has 0 spiro atoms. The van der Waals surface area contributed by atoms with Crippen molar-refractivity contribution in [3.8, 4) is 0 Å². The quantitative estimate of drug-likeness (QED) is 0.831. The fourth-order valence-corrected chi connectivity index (χ4v) is 2.42. The Morgan fingerprint density at radius 3 is 2.88 bits per heavy atom. The highest BCUT2D eigenvalue weighted by Crippen LogP contribution is 2.29. The van der Waals surface area contributed by atoms with Crippen molar-refractivity contribution in [3.63, 3.8) is 0 Å². The smallest absolute Gasteiger partial charge is 0.227 e. The molecule has 0 radical (unpaired) electrons. The summed E-state index contributed by atoms with van der Waals surface area (Å²) in [5.74, 6) is 0.123. The first-order valence-corrected chi connectivity index (χ1v) is 6.43. The van der Waals surface area contributed by atoms with Gasteiger partial charge in [0.2, 0.25) is 5.91 Å². The normalized spacial score (nSPS) is 20.6. The van der Waals surface area contributed by atoms with Crippen LogP contribution in [0.15, 0.2) is 18.2 Å². The summed E-state index contributed by atoms with van der Waals surface area (Å²) in [6.45, 7) is 0.653. The Labute approximate surface area is 113 Å². The van der Waals surface area contributed by atoms with Crippen LogP contribution in [0.2, 0.25) is 5.02 Å². The molecule has 0 bridgehead atoms. The molecule has 1 fully saturated rings. The molecule has 16 heavy (non-hydrogen) atoms. The summed E-state index contributed by atoms with van der Waals surface area (Å²) in [7, 11) is 0. The fourth-order valence-electron chi connectivity index (χ4n) is 1.81. The van der Waals surface area contributed by atoms with Crippen molar-refractivity contribution < 1.29 is 9.90 Å². The molecule has 1 aromatic rings. The molecule has 1 heterocycles. The maximum atomic E-state index is 11.7. The fraction of sp³-hybridized carbons (Fsp3) is 0.364. The van der Waals surface area contributed by atoms with Gasteiger partial charge in [0.25, 0.3) is 0 Å². The first-order chi connectivity index (χ1) is 7.61. The number of aliphatic hydroxyl groups excluding tert-OH is 1. The third-order valence-electron chi connectivity index (χ3n) is 2.68. The van der Waals surface area contributed by atoms with E-state index in [4.69, 9.17) is 16.7 Å². The van der Waals surface area contributed by atoms with Crippen molar-refractivity contribution in [2.24, 2.45) is 5.92 Å². The molecule has 1 amide bonds. The van der Waals surface area contributed by atoms with Crippen LogP contribution >= 0.6 is 34.2 Å². The SMILES string of the molecule is O=C1CC(CO)CN1c1ccc(Cl)c(I)c1. The zero-order valence-corrected chi connectivity index (χ0v) is 11.4. The molecule has 1 N–H and O–H groups in total. The Hall–Kier alpha value is -0.330. The Balaban J connectivity index is 2.24. The Morgan fingerprint density at radius 2 is 2.31 bits per heavy atom. The second-order valence-corrected chi connectivity index (χ2v) is 5.42. The van der Waals surface area contributed by atoms with E-state index in [0.29, 0.717) is 18.0 Å². The summed E-state index contributed by atoms with van der Waals surface area (Å²) in [4.78, 5) is 13.4. The van der Waals surface area contributed by atoms with Crippen molar-refractivity contribution in [2.75, 3.05) is 18.1 Å². The topological polar surface area (TPSA) is 40.5 Å². The lowest BCUT2D eigenvalue weighted by molar-refractivity contribution is -0.117. The predicted molar refractivity (Wildman–Crippen MR) is 71.7 cm³/mol. The van der Waals surface area contributed by atoms with Crippen molar-refractivity contribution >= 4 is 45.8 Å². The number of carbonyl (C=O) groups excluding carboxylic acids is 1. The van der Waals surface area contributed by atoms with Crippen molar-refractivity contribution in [3.05, 3.63) is 26.8 Å². The molecule has 0 aromatic heterocycles. The summed E-state index contributed by atoms with van der Waals surface area (Å²) >= 11 is 8.07. The molecule has 2 rings (SSSR count). The number of halogens is 2. The Morgan fingerprint density at radius 1 is 1.56 bits per heavy atom. The maximum absolute atomic E-state index is 11.7. The van der Waals surface area contributed by atoms with Crippen LogP contribution in [0.1, 0.15) is 6.42 Å². The second-order valence-electron chi connectivity index (χ2n) is 3.86. The van der Waals surface area contributed by atoms with Crippen LogP contribution in [0.4, 0.5) is 5.69 Å². The number of hydrogen-bond donors (Lipinski definition) is 1. The van der Waals surface area contributed by atoms with Gasteiger partial charge in [-0.15, -0.1) is 0 Å². The van der Waals surface area contributed by atoms with Gasteiger partial charge >= 0.3 is 0 Å². The zero-order valence-electron chi connectivity index (χ0n) is 8.49. The standard InChI is InChI=1S/C11H11ClINO2/c12-9-2-1-8(4-10(9)13)14-5-7(6-15)3-11(14)16/h1-2,4,7,15H,3,5-6H2. The summed E-state index contributed by atoms with van der Waals surface area (Å²) in [6, 6.07) is 5.51. The highest BCUT2D eigenvalue weighted by atomic mass is 127. The molecule has 1 unspecified atom stereocenters. The third kappa shape index (κ3) is 2.33. The maximum Gasteiger partial charge on any atom is 0.227 e. The number of rotatable bonds is 2. The highest BCUT2D eigenvalue weighted by molar-refractivity contribution is 14.1. The second kappa shape index (κ2) is 4.89. The van der Waals surface area contributed by atoms with E-state index in [2.05, 4.69) is 22.6 Å². The lowest BCUT2D eigenvalue weighted by atomic mass is 10.1. The molecule has 1 atom stereocenters. The number of benzene rings is 1. The van der Waals surface area contributed by atoms with E-state index in [1.54, 1.807) is 11.0 Å². The largest absolute Gasteiger partial charge is 0.396 e. The lowest BCUT2D eigenvalue weighted by Gasteiger charge is -2.17. The zero-order chi connectivity index (χ0) is 11.7. The van der Waals surface area contributed by atoms with Crippen LogP contribution in [-0.2, 0) is 4.79 Å². The molecule has 1 saturated heterocycles. The molecular formula is C11H11ClINO2. The van der Waals surface area contributed by atoms with Gasteiger partial charge in [0.15, 0.2) is 0 Å². The van der Waals surface area contributed by atoms with Crippen LogP contribution in [0.25, 0.3) is 0 Å². The van der Waals surface area contributed by atoms with Gasteiger partial charge in [-0.05, 0) is 40.8 Å². The van der Waals surface area contributed by atoms with E-state index >= 15 is 0 Å². The van der Waals surface area contributed by atoms with Gasteiger partial charge in [0.1, 0.15) is 0 Å². The lowest BCUT2D eigenvalue weighted by Crippen LogP contribution is -2.24. The number of aliphatic hydroxyl groups is 1. The van der Waals surface area contributed by atoms with Crippen molar-refractivity contribution in [1.82, 2.24) is 0 Å². The van der Waals surface area contributed by atoms with Crippen LogP contribution < -0.4 is 4.90 Å². The number of hydrogen-bond acceptors (Lipinski definition) is 2. The van der Waals surface area contributed by atoms with Crippen LogP contribution in [0.3, 0.4) is 0 Å². The van der Waals surface area contributed by atoms with Gasteiger partial charge < -0.3 is 10.0 Å². The molecule has 3 nitrogen and oxygen atoms in total. The number of amides is 1. The molecule has 5 heteroatoms. The summed E-state index contributed by atoms with van der Waals surface area (Å²) in [5.41, 5.74) is 0.856. The number of nitrogens with zero attached hydrogens (tertiary/aromatic N) is 1. The molecule has 1 aliphatic heterocycles. The Kier molecular flexibility index (Phi) is 3.71. The first kappa shape index (κ1) is 12.1. The van der Waals surface area contributed by atoms with Gasteiger partial charge in [0.05, 0.1) is 5.02 Å². The highest BCUT2D eigenvalue weighted by Gasteiger charge is 2.30. The molecule has 0 aliphatic carbocycles. The van der Waals surface area contributed by atoms with Gasteiger partial charge in [-0.25, -0.2) is 0 Å². The minimum Gasteiger partial charge on any atom is -0.396 e. The Bertz CT molecular complexity index is 424. The van der Waals surface area contributed by atoms with E-state index in [1.165, 1.54) is 0 Å². The van der Waals surface area contributed by atoms with Crippen molar-refractivity contribution in [2.45, 2.75) is 6.42 Å². The number of anilines is 1. The van der Waals surface area contributed by atoms with Crippen LogP contribution in [-0.4, -0.2) is 24.2 Å². The van der Waals surface area contributed by atoms with Gasteiger partial charge in [0, 0.05) is 34.7 Å². The third-order valence-corrected chi connectivity index (χ3v) is 4.22. The van der Waals surface area contributed by atoms with Gasteiger partial charge in [-0.1, -0.05) is 11.6 Å². The van der Waals surface area contributed by atoms with E-state index in [-0.39, 0.29) is 18.4 Å². The molecule has 1 aromatic carbocycles.